The summed E-state index contributed by atoms with van der Waals surface area (Å²) < 4.78 is 0. The van der Waals surface area contributed by atoms with Crippen molar-refractivity contribution in [2.45, 2.75) is 32.7 Å². The molecule has 1 amide bonds. The second-order valence-corrected chi connectivity index (χ2v) is 3.22. The fourth-order valence-corrected chi connectivity index (χ4v) is 1.07. The summed E-state index contributed by atoms with van der Waals surface area (Å²) in [6, 6.07) is -0.262. The van der Waals surface area contributed by atoms with Crippen molar-refractivity contribution >= 4 is 11.7 Å². The lowest BCUT2D eigenvalue weighted by Gasteiger charge is -2.14. The van der Waals surface area contributed by atoms with Crippen molar-refractivity contribution in [1.82, 2.24) is 10.6 Å². The van der Waals surface area contributed by atoms with Crippen LogP contribution < -0.4 is 16.4 Å². The average molecular weight is 216 g/mol. The third-order valence-corrected chi connectivity index (χ3v) is 1.96. The van der Waals surface area contributed by atoms with Crippen LogP contribution in [0.25, 0.3) is 0 Å². The van der Waals surface area contributed by atoms with Gasteiger partial charge in [-0.2, -0.15) is 0 Å². The molecule has 0 aliphatic heterocycles. The minimum atomic E-state index is -0.262. The molecule has 1 atom stereocenters. The Balaban J connectivity index is 3.85. The molecule has 6 nitrogen and oxygen atoms in total. The summed E-state index contributed by atoms with van der Waals surface area (Å²) in [5.41, 5.74) is 5.42. The Morgan fingerprint density at radius 2 is 2.20 bits per heavy atom. The van der Waals surface area contributed by atoms with Crippen LogP contribution in [0.1, 0.15) is 26.7 Å². The van der Waals surface area contributed by atoms with Crippen LogP contribution >= 0.6 is 0 Å². The molecule has 5 N–H and O–H groups in total. The Labute approximate surface area is 89.9 Å². The van der Waals surface area contributed by atoms with E-state index in [1.165, 1.54) is 0 Å². The molecule has 15 heavy (non-hydrogen) atoms. The normalized spacial score (nSPS) is 13.6. The third kappa shape index (κ3) is 5.90. The van der Waals surface area contributed by atoms with Gasteiger partial charge in [-0.25, -0.2) is 0 Å². The van der Waals surface area contributed by atoms with Gasteiger partial charge in [-0.15, -0.1) is 0 Å². The Kier molecular flexibility index (Phi) is 7.35. The summed E-state index contributed by atoms with van der Waals surface area (Å²) >= 11 is 0. The maximum Gasteiger partial charge on any atom is 0.233 e. The van der Waals surface area contributed by atoms with Crippen LogP contribution in [-0.4, -0.2) is 36.1 Å². The molecule has 0 saturated carbocycles. The van der Waals surface area contributed by atoms with E-state index >= 15 is 0 Å². The molecule has 0 aliphatic rings. The standard InChI is InChI=1S/C9H20N4O2/c1-3-5-11-8(14)6-12-7(4-2)9(10)13-15/h7,12,15H,3-6H2,1-2H3,(H2,10,13)(H,11,14). The molecule has 0 aromatic rings. The lowest BCUT2D eigenvalue weighted by atomic mass is 10.2. The number of nitrogens with one attached hydrogen (secondary N) is 2. The largest absolute Gasteiger partial charge is 0.409 e. The zero-order valence-electron chi connectivity index (χ0n) is 9.29. The second kappa shape index (κ2) is 8.05. The van der Waals surface area contributed by atoms with Crippen molar-refractivity contribution in [2.75, 3.05) is 13.1 Å². The number of oxime groups is 1. The molecule has 0 heterocycles. The smallest absolute Gasteiger partial charge is 0.233 e. The lowest BCUT2D eigenvalue weighted by Crippen LogP contribution is -2.45. The first-order valence-electron chi connectivity index (χ1n) is 5.13. The van der Waals surface area contributed by atoms with E-state index in [1.54, 1.807) is 0 Å². The Hall–Kier alpha value is -1.30. The number of carbonyl (C=O) groups excluding carboxylic acids is 1. The summed E-state index contributed by atoms with van der Waals surface area (Å²) in [5, 5.41) is 17.0. The van der Waals surface area contributed by atoms with Crippen LogP contribution in [0.15, 0.2) is 5.16 Å². The molecule has 0 rings (SSSR count). The van der Waals surface area contributed by atoms with Gasteiger partial charge in [0.1, 0.15) is 0 Å². The average Bonchev–Trinajstić information content (AvgIpc) is 2.26. The predicted octanol–water partition coefficient (Wildman–Crippen LogP) is -0.373. The topological polar surface area (TPSA) is 99.7 Å². The van der Waals surface area contributed by atoms with Crippen LogP contribution in [0.3, 0.4) is 0 Å². The molecule has 0 aromatic carbocycles. The van der Waals surface area contributed by atoms with Gasteiger partial charge >= 0.3 is 0 Å². The summed E-state index contributed by atoms with van der Waals surface area (Å²) in [7, 11) is 0. The van der Waals surface area contributed by atoms with Gasteiger partial charge in [0.25, 0.3) is 0 Å². The van der Waals surface area contributed by atoms with Crippen molar-refractivity contribution in [3.8, 4) is 0 Å². The zero-order chi connectivity index (χ0) is 11.7. The minimum Gasteiger partial charge on any atom is -0.409 e. The van der Waals surface area contributed by atoms with Crippen molar-refractivity contribution < 1.29 is 10.0 Å². The first-order valence-corrected chi connectivity index (χ1v) is 5.13. The number of amides is 1. The highest BCUT2D eigenvalue weighted by atomic mass is 16.4. The van der Waals surface area contributed by atoms with Gasteiger partial charge in [0.15, 0.2) is 5.84 Å². The monoisotopic (exact) mass is 216 g/mol. The number of hydrogen-bond acceptors (Lipinski definition) is 4. The minimum absolute atomic E-state index is 0.0824. The Morgan fingerprint density at radius 1 is 1.53 bits per heavy atom. The maximum atomic E-state index is 11.2. The number of nitrogens with zero attached hydrogens (tertiary/aromatic N) is 1. The predicted molar refractivity (Wildman–Crippen MR) is 58.8 cm³/mol. The number of carbonyl (C=O) groups is 1. The van der Waals surface area contributed by atoms with Crippen molar-refractivity contribution in [2.24, 2.45) is 10.9 Å². The van der Waals surface area contributed by atoms with Gasteiger partial charge in [0, 0.05) is 6.54 Å². The first kappa shape index (κ1) is 13.7. The molecule has 0 radical (unpaired) electrons. The molecule has 6 heteroatoms. The first-order chi connectivity index (χ1) is 7.15. The van der Waals surface area contributed by atoms with E-state index in [1.807, 2.05) is 13.8 Å². The Bertz CT molecular complexity index is 218. The summed E-state index contributed by atoms with van der Waals surface area (Å²) in [6.45, 7) is 4.72. The Morgan fingerprint density at radius 3 is 2.67 bits per heavy atom. The van der Waals surface area contributed by atoms with Crippen molar-refractivity contribution in [3.63, 3.8) is 0 Å². The van der Waals surface area contributed by atoms with E-state index < -0.39 is 0 Å². The van der Waals surface area contributed by atoms with Crippen LogP contribution in [0.2, 0.25) is 0 Å². The molecule has 88 valence electrons. The number of rotatable bonds is 7. The van der Waals surface area contributed by atoms with Crippen LogP contribution in [-0.2, 0) is 4.79 Å². The molecule has 0 aromatic heterocycles. The van der Waals surface area contributed by atoms with Crippen molar-refractivity contribution in [3.05, 3.63) is 0 Å². The van der Waals surface area contributed by atoms with Crippen LogP contribution in [0.4, 0.5) is 0 Å². The van der Waals surface area contributed by atoms with Gasteiger partial charge in [0.05, 0.1) is 12.6 Å². The molecule has 0 aliphatic carbocycles. The molecular formula is C9H20N4O2. The zero-order valence-corrected chi connectivity index (χ0v) is 9.29. The third-order valence-electron chi connectivity index (χ3n) is 1.96. The molecule has 0 saturated heterocycles. The van der Waals surface area contributed by atoms with Crippen LogP contribution in [0, 0.1) is 0 Å². The van der Waals surface area contributed by atoms with Gasteiger partial charge in [-0.1, -0.05) is 19.0 Å². The van der Waals surface area contributed by atoms with Gasteiger partial charge in [0.2, 0.25) is 5.91 Å². The van der Waals surface area contributed by atoms with Crippen molar-refractivity contribution in [1.29, 1.82) is 0 Å². The summed E-state index contributed by atoms with van der Waals surface area (Å²) in [4.78, 5) is 11.2. The van der Waals surface area contributed by atoms with Gasteiger partial charge < -0.3 is 16.3 Å². The highest BCUT2D eigenvalue weighted by Gasteiger charge is 2.12. The SMILES string of the molecule is CCCNC(=O)CNC(CC)C(N)=NO. The molecule has 0 spiro atoms. The molecule has 1 unspecified atom stereocenters. The quantitative estimate of drug-likeness (QED) is 0.202. The fraction of sp³-hybridized carbons (Fsp3) is 0.778. The fourth-order valence-electron chi connectivity index (χ4n) is 1.07. The van der Waals surface area contributed by atoms with E-state index in [0.717, 1.165) is 6.42 Å². The van der Waals surface area contributed by atoms with E-state index in [0.29, 0.717) is 13.0 Å². The van der Waals surface area contributed by atoms with E-state index in [2.05, 4.69) is 15.8 Å². The lowest BCUT2D eigenvalue weighted by molar-refractivity contribution is -0.120. The number of amidine groups is 1. The van der Waals surface area contributed by atoms with Gasteiger partial charge in [-0.3, -0.25) is 10.1 Å². The van der Waals surface area contributed by atoms with E-state index in [4.69, 9.17) is 10.9 Å². The maximum absolute atomic E-state index is 11.2. The summed E-state index contributed by atoms with van der Waals surface area (Å²) in [6.07, 6.45) is 1.57. The molecular weight excluding hydrogens is 196 g/mol. The molecule has 0 fully saturated rings. The number of nitrogens with two attached hydrogens (primary N) is 1. The van der Waals surface area contributed by atoms with Gasteiger partial charge in [-0.05, 0) is 12.8 Å². The number of hydrogen-bond donors (Lipinski definition) is 4. The second-order valence-electron chi connectivity index (χ2n) is 3.22. The highest BCUT2D eigenvalue weighted by molar-refractivity contribution is 5.86. The summed E-state index contributed by atoms with van der Waals surface area (Å²) in [5.74, 6) is 0.0156. The highest BCUT2D eigenvalue weighted by Crippen LogP contribution is 1.90. The molecule has 0 bridgehead atoms. The van der Waals surface area contributed by atoms with E-state index in [9.17, 15) is 4.79 Å². The van der Waals surface area contributed by atoms with E-state index in [-0.39, 0.29) is 24.3 Å². The van der Waals surface area contributed by atoms with Crippen LogP contribution in [0.5, 0.6) is 0 Å².